The second-order valence-corrected chi connectivity index (χ2v) is 9.24. The molecule has 1 aliphatic heterocycles. The molecule has 2 aromatic rings. The fraction of sp³-hybridized carbons (Fsp3) is 0.500. The number of nitrogens with zero attached hydrogens (tertiary/aromatic N) is 5. The highest BCUT2D eigenvalue weighted by Gasteiger charge is 2.33. The molecule has 0 radical (unpaired) electrons. The number of carbonyl (C=O) groups excluding carboxylic acids is 2. The van der Waals surface area contributed by atoms with E-state index in [9.17, 15) is 9.59 Å². The molecule has 0 saturated carbocycles. The minimum atomic E-state index is -0.550. The normalized spacial score (nSPS) is 15.9. The number of aromatic nitrogens is 3. The van der Waals surface area contributed by atoms with Crippen LogP contribution in [0.25, 0.3) is 0 Å². The second kappa shape index (κ2) is 9.78. The van der Waals surface area contributed by atoms with Gasteiger partial charge in [0.2, 0.25) is 23.1 Å². The van der Waals surface area contributed by atoms with Crippen LogP contribution in [0.15, 0.2) is 18.2 Å². The van der Waals surface area contributed by atoms with Crippen LogP contribution in [0.2, 0.25) is 5.28 Å². The third-order valence-electron chi connectivity index (χ3n) is 5.22. The van der Waals surface area contributed by atoms with Crippen LogP contribution in [0.3, 0.4) is 0 Å². The Morgan fingerprint density at radius 2 is 2.03 bits per heavy atom. The Balaban J connectivity index is 1.80. The first-order valence-corrected chi connectivity index (χ1v) is 11.2. The molecule has 1 saturated heterocycles. The molecular formula is C22H30ClN7O3. The Morgan fingerprint density at radius 3 is 2.67 bits per heavy atom. The molecule has 0 unspecified atom stereocenters. The fourth-order valence-corrected chi connectivity index (χ4v) is 3.76. The van der Waals surface area contributed by atoms with Crippen molar-refractivity contribution in [1.82, 2.24) is 19.9 Å². The standard InChI is InChI=1S/C22H30ClN7O3/c1-6-30(15-9-10-29(12-15)21(32)33-22(3,4)5)20-27-18(23)26-19(28-20)25-16-11-14(17(24)31)8-7-13(16)2/h7-8,11,15H,6,9-10,12H2,1-5H3,(H2,24,31)(H,25,26,27,28)/t15-/m1/s1. The highest BCUT2D eigenvalue weighted by molar-refractivity contribution is 6.28. The molecule has 1 fully saturated rings. The maximum Gasteiger partial charge on any atom is 0.410 e. The molecule has 0 bridgehead atoms. The zero-order valence-electron chi connectivity index (χ0n) is 19.6. The van der Waals surface area contributed by atoms with E-state index < -0.39 is 11.5 Å². The van der Waals surface area contributed by atoms with Crippen molar-refractivity contribution in [3.63, 3.8) is 0 Å². The summed E-state index contributed by atoms with van der Waals surface area (Å²) in [5.41, 5.74) is 6.74. The lowest BCUT2D eigenvalue weighted by Gasteiger charge is -2.29. The summed E-state index contributed by atoms with van der Waals surface area (Å²) in [7, 11) is 0. The van der Waals surface area contributed by atoms with E-state index in [1.807, 2.05) is 39.5 Å². The first-order chi connectivity index (χ1) is 15.5. The number of benzene rings is 1. The minimum Gasteiger partial charge on any atom is -0.444 e. The number of likely N-dealkylation sites (N-methyl/N-ethyl adjacent to an activating group) is 1. The lowest BCUT2D eigenvalue weighted by atomic mass is 10.1. The molecule has 11 heteroatoms. The van der Waals surface area contributed by atoms with Crippen LogP contribution in [-0.4, -0.2) is 63.1 Å². The molecule has 1 aliphatic rings. The number of primary amides is 1. The number of hydrogen-bond donors (Lipinski definition) is 2. The van der Waals surface area contributed by atoms with Crippen LogP contribution in [0.4, 0.5) is 22.4 Å². The third kappa shape index (κ3) is 6.22. The predicted molar refractivity (Wildman–Crippen MR) is 127 cm³/mol. The maximum absolute atomic E-state index is 12.5. The van der Waals surface area contributed by atoms with Crippen molar-refractivity contribution in [2.45, 2.75) is 52.7 Å². The molecule has 33 heavy (non-hydrogen) atoms. The summed E-state index contributed by atoms with van der Waals surface area (Å²) in [6, 6.07) is 5.09. The van der Waals surface area contributed by atoms with Crippen molar-refractivity contribution in [3.8, 4) is 0 Å². The number of nitrogens with one attached hydrogen (secondary N) is 1. The molecule has 10 nitrogen and oxygen atoms in total. The fourth-order valence-electron chi connectivity index (χ4n) is 3.61. The van der Waals surface area contributed by atoms with E-state index in [-0.39, 0.29) is 23.4 Å². The van der Waals surface area contributed by atoms with Gasteiger partial charge in [-0.25, -0.2) is 4.79 Å². The number of halogens is 1. The van der Waals surface area contributed by atoms with Gasteiger partial charge in [0.1, 0.15) is 5.60 Å². The van der Waals surface area contributed by atoms with Crippen molar-refractivity contribution < 1.29 is 14.3 Å². The number of ether oxygens (including phenoxy) is 1. The molecule has 0 spiro atoms. The summed E-state index contributed by atoms with van der Waals surface area (Å²) in [5.74, 6) is 0.121. The molecule has 3 N–H and O–H groups in total. The van der Waals surface area contributed by atoms with Gasteiger partial charge < -0.3 is 25.6 Å². The molecule has 1 aromatic heterocycles. The number of aryl methyl sites for hydroxylation is 1. The highest BCUT2D eigenvalue weighted by Crippen LogP contribution is 2.25. The largest absolute Gasteiger partial charge is 0.444 e. The minimum absolute atomic E-state index is 0.00811. The molecule has 1 atom stereocenters. The van der Waals surface area contributed by atoms with Crippen molar-refractivity contribution in [2.24, 2.45) is 5.73 Å². The average molecular weight is 476 g/mol. The number of rotatable bonds is 6. The van der Waals surface area contributed by atoms with E-state index in [0.717, 1.165) is 12.0 Å². The zero-order valence-corrected chi connectivity index (χ0v) is 20.3. The summed E-state index contributed by atoms with van der Waals surface area (Å²) in [6.07, 6.45) is 0.417. The first-order valence-electron chi connectivity index (χ1n) is 10.8. The summed E-state index contributed by atoms with van der Waals surface area (Å²) < 4.78 is 5.49. The van der Waals surface area contributed by atoms with Gasteiger partial charge in [-0.3, -0.25) is 4.79 Å². The Labute approximate surface area is 198 Å². The van der Waals surface area contributed by atoms with Crippen LogP contribution < -0.4 is 16.0 Å². The lowest BCUT2D eigenvalue weighted by Crippen LogP contribution is -2.41. The van der Waals surface area contributed by atoms with E-state index in [1.54, 1.807) is 23.1 Å². The van der Waals surface area contributed by atoms with E-state index in [2.05, 4.69) is 20.3 Å². The summed E-state index contributed by atoms with van der Waals surface area (Å²) in [5, 5.41) is 3.14. The van der Waals surface area contributed by atoms with Crippen molar-refractivity contribution in [2.75, 3.05) is 29.9 Å². The highest BCUT2D eigenvalue weighted by atomic mass is 35.5. The molecule has 1 aromatic carbocycles. The third-order valence-corrected chi connectivity index (χ3v) is 5.39. The van der Waals surface area contributed by atoms with Gasteiger partial charge in [-0.15, -0.1) is 0 Å². The molecule has 2 heterocycles. The first kappa shape index (κ1) is 24.5. The van der Waals surface area contributed by atoms with E-state index >= 15 is 0 Å². The van der Waals surface area contributed by atoms with Gasteiger partial charge in [-0.05, 0) is 70.3 Å². The second-order valence-electron chi connectivity index (χ2n) is 8.90. The Bertz CT molecular complexity index is 1040. The number of amides is 2. The van der Waals surface area contributed by atoms with Crippen LogP contribution in [0.1, 0.15) is 50.0 Å². The Morgan fingerprint density at radius 1 is 1.30 bits per heavy atom. The summed E-state index contributed by atoms with van der Waals surface area (Å²) in [6.45, 7) is 11.1. The number of anilines is 3. The molecule has 178 valence electrons. The quantitative estimate of drug-likeness (QED) is 0.649. The van der Waals surface area contributed by atoms with E-state index in [4.69, 9.17) is 22.1 Å². The van der Waals surface area contributed by atoms with Crippen LogP contribution in [0, 0.1) is 6.92 Å². The zero-order chi connectivity index (χ0) is 24.3. The van der Waals surface area contributed by atoms with Crippen LogP contribution >= 0.6 is 11.6 Å². The van der Waals surface area contributed by atoms with Gasteiger partial charge in [0.25, 0.3) is 0 Å². The lowest BCUT2D eigenvalue weighted by molar-refractivity contribution is 0.0292. The summed E-state index contributed by atoms with van der Waals surface area (Å²) in [4.78, 5) is 40.7. The predicted octanol–water partition coefficient (Wildman–Crippen LogP) is 3.51. The van der Waals surface area contributed by atoms with Crippen molar-refractivity contribution in [1.29, 1.82) is 0 Å². The van der Waals surface area contributed by atoms with Gasteiger partial charge in [0, 0.05) is 30.9 Å². The molecule has 3 rings (SSSR count). The Hall–Kier alpha value is -3.14. The smallest absolute Gasteiger partial charge is 0.410 e. The molecule has 2 amide bonds. The van der Waals surface area contributed by atoms with Crippen molar-refractivity contribution in [3.05, 3.63) is 34.6 Å². The van der Waals surface area contributed by atoms with Gasteiger partial charge in [0.15, 0.2) is 0 Å². The van der Waals surface area contributed by atoms with Crippen molar-refractivity contribution >= 4 is 41.2 Å². The number of carbonyl (C=O) groups is 2. The number of likely N-dealkylation sites (tertiary alicyclic amines) is 1. The van der Waals surface area contributed by atoms with E-state index in [1.165, 1.54) is 0 Å². The molecular weight excluding hydrogens is 446 g/mol. The monoisotopic (exact) mass is 475 g/mol. The van der Waals surface area contributed by atoms with Gasteiger partial charge in [0.05, 0.1) is 6.04 Å². The van der Waals surface area contributed by atoms with Gasteiger partial charge in [-0.1, -0.05) is 6.07 Å². The SMILES string of the molecule is CCN(c1nc(Cl)nc(Nc2cc(C(N)=O)ccc2C)n1)[C@@H]1CCN(C(=O)OC(C)(C)C)C1. The average Bonchev–Trinajstić information content (AvgIpc) is 3.18. The van der Waals surface area contributed by atoms with Crippen LogP contribution in [-0.2, 0) is 4.74 Å². The summed E-state index contributed by atoms with van der Waals surface area (Å²) >= 11 is 6.21. The molecule has 0 aliphatic carbocycles. The van der Waals surface area contributed by atoms with Gasteiger partial charge >= 0.3 is 6.09 Å². The Kier molecular flexibility index (Phi) is 7.26. The maximum atomic E-state index is 12.5. The number of hydrogen-bond acceptors (Lipinski definition) is 8. The van der Waals surface area contributed by atoms with Gasteiger partial charge in [-0.2, -0.15) is 15.0 Å². The number of nitrogens with two attached hydrogens (primary N) is 1. The van der Waals surface area contributed by atoms with Crippen LogP contribution in [0.5, 0.6) is 0 Å². The van der Waals surface area contributed by atoms with E-state index in [0.29, 0.717) is 36.8 Å². The topological polar surface area (TPSA) is 127 Å².